The van der Waals surface area contributed by atoms with Crippen LogP contribution in [-0.4, -0.2) is 7.11 Å². The minimum Gasteiger partial charge on any atom is -0.380 e. The Labute approximate surface area is 95.6 Å². The third-order valence-electron chi connectivity index (χ3n) is 3.42. The third-order valence-corrected chi connectivity index (χ3v) is 3.42. The molecule has 1 aliphatic carbocycles. The van der Waals surface area contributed by atoms with E-state index in [1.54, 1.807) is 13.2 Å². The molecule has 2 N–H and O–H groups in total. The van der Waals surface area contributed by atoms with Crippen LogP contribution in [-0.2, 0) is 16.9 Å². The smallest absolute Gasteiger partial charge is 0.128 e. The molecular weight excluding hydrogens is 205 g/mol. The van der Waals surface area contributed by atoms with Crippen molar-refractivity contribution in [2.75, 3.05) is 7.11 Å². The molecule has 1 aliphatic rings. The fourth-order valence-corrected chi connectivity index (χ4v) is 2.45. The van der Waals surface area contributed by atoms with Gasteiger partial charge in [0.05, 0.1) is 6.61 Å². The Bertz CT molecular complexity index is 372. The Kier molecular flexibility index (Phi) is 3.26. The fourth-order valence-electron chi connectivity index (χ4n) is 2.45. The number of hydrogen-bond acceptors (Lipinski definition) is 2. The van der Waals surface area contributed by atoms with Crippen LogP contribution in [0.1, 0.15) is 36.8 Å². The van der Waals surface area contributed by atoms with Crippen LogP contribution in [0.25, 0.3) is 0 Å². The van der Waals surface area contributed by atoms with Crippen molar-refractivity contribution in [1.82, 2.24) is 0 Å². The zero-order valence-corrected chi connectivity index (χ0v) is 9.63. The average Bonchev–Trinajstić information content (AvgIpc) is 2.70. The summed E-state index contributed by atoms with van der Waals surface area (Å²) in [7, 11) is 1.57. The van der Waals surface area contributed by atoms with Crippen LogP contribution in [0.4, 0.5) is 4.39 Å². The molecular formula is C13H18FNO. The highest BCUT2D eigenvalue weighted by atomic mass is 19.1. The Morgan fingerprint density at radius 1 is 1.38 bits per heavy atom. The molecule has 0 heterocycles. The lowest BCUT2D eigenvalue weighted by molar-refractivity contribution is 0.181. The van der Waals surface area contributed by atoms with Crippen LogP contribution < -0.4 is 5.73 Å². The number of hydrogen-bond donors (Lipinski definition) is 1. The molecule has 1 saturated carbocycles. The number of rotatable bonds is 3. The standard InChI is InChI=1S/C13H18FNO/c1-16-9-10-8-11(4-5-12(10)14)13(15)6-2-3-7-13/h4-5,8H,2-3,6-7,9,15H2,1H3. The zero-order valence-electron chi connectivity index (χ0n) is 9.63. The predicted octanol–water partition coefficient (Wildman–Crippen LogP) is 2.70. The normalized spacial score (nSPS) is 18.9. The van der Waals surface area contributed by atoms with Crippen molar-refractivity contribution < 1.29 is 9.13 Å². The van der Waals surface area contributed by atoms with Crippen molar-refractivity contribution in [3.05, 3.63) is 35.1 Å². The first-order valence-corrected chi connectivity index (χ1v) is 5.72. The van der Waals surface area contributed by atoms with Crippen molar-refractivity contribution in [3.63, 3.8) is 0 Å². The molecule has 0 spiro atoms. The topological polar surface area (TPSA) is 35.2 Å². The summed E-state index contributed by atoms with van der Waals surface area (Å²) < 4.78 is 18.4. The molecule has 0 unspecified atom stereocenters. The highest BCUT2D eigenvalue weighted by Gasteiger charge is 2.31. The van der Waals surface area contributed by atoms with E-state index in [-0.39, 0.29) is 11.4 Å². The highest BCUT2D eigenvalue weighted by Crippen LogP contribution is 2.36. The van der Waals surface area contributed by atoms with Crippen LogP contribution in [0.3, 0.4) is 0 Å². The van der Waals surface area contributed by atoms with Gasteiger partial charge < -0.3 is 10.5 Å². The van der Waals surface area contributed by atoms with E-state index in [1.165, 1.54) is 6.07 Å². The lowest BCUT2D eigenvalue weighted by atomic mass is 9.88. The minimum atomic E-state index is -0.254. The number of benzene rings is 1. The monoisotopic (exact) mass is 223 g/mol. The van der Waals surface area contributed by atoms with Crippen molar-refractivity contribution >= 4 is 0 Å². The molecule has 1 aromatic carbocycles. The van der Waals surface area contributed by atoms with E-state index < -0.39 is 0 Å². The third kappa shape index (κ3) is 2.11. The molecule has 0 atom stereocenters. The van der Waals surface area contributed by atoms with Crippen LogP contribution in [0.2, 0.25) is 0 Å². The summed E-state index contributed by atoms with van der Waals surface area (Å²) in [5, 5.41) is 0. The number of halogens is 1. The van der Waals surface area contributed by atoms with Crippen LogP contribution in [0.5, 0.6) is 0 Å². The Morgan fingerprint density at radius 3 is 2.69 bits per heavy atom. The molecule has 2 rings (SSSR count). The quantitative estimate of drug-likeness (QED) is 0.855. The second-order valence-electron chi connectivity index (χ2n) is 4.60. The van der Waals surface area contributed by atoms with Gasteiger partial charge >= 0.3 is 0 Å². The first kappa shape index (κ1) is 11.6. The van der Waals surface area contributed by atoms with E-state index in [0.29, 0.717) is 12.2 Å². The maximum atomic E-state index is 13.4. The largest absolute Gasteiger partial charge is 0.380 e. The molecule has 0 saturated heterocycles. The summed E-state index contributed by atoms with van der Waals surface area (Å²) in [6.45, 7) is 0.301. The van der Waals surface area contributed by atoms with Crippen molar-refractivity contribution in [1.29, 1.82) is 0 Å². The predicted molar refractivity (Wildman–Crippen MR) is 61.4 cm³/mol. The van der Waals surface area contributed by atoms with E-state index in [9.17, 15) is 4.39 Å². The molecule has 1 fully saturated rings. The van der Waals surface area contributed by atoms with Gasteiger partial charge in [-0.1, -0.05) is 18.9 Å². The van der Waals surface area contributed by atoms with Crippen molar-refractivity contribution in [2.24, 2.45) is 5.73 Å². The Hall–Kier alpha value is -0.930. The summed E-state index contributed by atoms with van der Waals surface area (Å²) in [4.78, 5) is 0. The molecule has 0 bridgehead atoms. The lowest BCUT2D eigenvalue weighted by Gasteiger charge is -2.24. The van der Waals surface area contributed by atoms with Gasteiger partial charge in [-0.15, -0.1) is 0 Å². The Morgan fingerprint density at radius 2 is 2.06 bits per heavy atom. The Balaban J connectivity index is 2.31. The lowest BCUT2D eigenvalue weighted by Crippen LogP contribution is -2.33. The van der Waals surface area contributed by atoms with Gasteiger partial charge in [0.15, 0.2) is 0 Å². The van der Waals surface area contributed by atoms with Gasteiger partial charge in [0, 0.05) is 18.2 Å². The van der Waals surface area contributed by atoms with Gasteiger partial charge in [0.1, 0.15) is 5.82 Å². The van der Waals surface area contributed by atoms with Crippen LogP contribution in [0, 0.1) is 5.82 Å². The second kappa shape index (κ2) is 4.52. The molecule has 1 aromatic rings. The minimum absolute atomic E-state index is 0.216. The zero-order chi connectivity index (χ0) is 11.6. The van der Waals surface area contributed by atoms with E-state index in [2.05, 4.69) is 0 Å². The molecule has 16 heavy (non-hydrogen) atoms. The summed E-state index contributed by atoms with van der Waals surface area (Å²) in [6.07, 6.45) is 4.30. The van der Waals surface area contributed by atoms with Crippen LogP contribution in [0.15, 0.2) is 18.2 Å². The second-order valence-corrected chi connectivity index (χ2v) is 4.60. The molecule has 2 nitrogen and oxygen atoms in total. The molecule has 0 amide bonds. The van der Waals surface area contributed by atoms with Gasteiger partial charge in [-0.3, -0.25) is 0 Å². The molecule has 88 valence electrons. The van der Waals surface area contributed by atoms with Gasteiger partial charge in [-0.2, -0.15) is 0 Å². The highest BCUT2D eigenvalue weighted by molar-refractivity contribution is 5.31. The maximum Gasteiger partial charge on any atom is 0.128 e. The summed E-state index contributed by atoms with van der Waals surface area (Å²) >= 11 is 0. The molecule has 0 aromatic heterocycles. The number of methoxy groups -OCH3 is 1. The van der Waals surface area contributed by atoms with Crippen LogP contribution >= 0.6 is 0 Å². The molecule has 0 aliphatic heterocycles. The number of nitrogens with two attached hydrogens (primary N) is 1. The van der Waals surface area contributed by atoms with E-state index in [0.717, 1.165) is 31.2 Å². The van der Waals surface area contributed by atoms with E-state index in [4.69, 9.17) is 10.5 Å². The first-order chi connectivity index (χ1) is 7.65. The average molecular weight is 223 g/mol. The SMILES string of the molecule is COCc1cc(C2(N)CCCC2)ccc1F. The van der Waals surface area contributed by atoms with Gasteiger partial charge in [-0.25, -0.2) is 4.39 Å². The summed E-state index contributed by atoms with van der Waals surface area (Å²) in [5.41, 5.74) is 7.71. The van der Waals surface area contributed by atoms with Crippen molar-refractivity contribution in [3.8, 4) is 0 Å². The molecule has 0 radical (unpaired) electrons. The first-order valence-electron chi connectivity index (χ1n) is 5.72. The van der Waals surface area contributed by atoms with E-state index >= 15 is 0 Å². The maximum absolute atomic E-state index is 13.4. The van der Waals surface area contributed by atoms with Gasteiger partial charge in [0.25, 0.3) is 0 Å². The summed E-state index contributed by atoms with van der Waals surface area (Å²) in [6, 6.07) is 5.15. The number of ether oxygens (including phenoxy) is 1. The van der Waals surface area contributed by atoms with Gasteiger partial charge in [-0.05, 0) is 30.5 Å². The molecule has 3 heteroatoms. The summed E-state index contributed by atoms with van der Waals surface area (Å²) in [5.74, 6) is -0.216. The van der Waals surface area contributed by atoms with Gasteiger partial charge in [0.2, 0.25) is 0 Å². The fraction of sp³-hybridized carbons (Fsp3) is 0.538. The van der Waals surface area contributed by atoms with Crippen molar-refractivity contribution in [2.45, 2.75) is 37.8 Å². The van der Waals surface area contributed by atoms with E-state index in [1.807, 2.05) is 6.07 Å².